The number of Topliss-reactive ketones (excluding diaryl/α,β-unsaturated/α-hetero) is 1. The van der Waals surface area contributed by atoms with Crippen LogP contribution in [0, 0.1) is 6.92 Å². The molecule has 1 aliphatic heterocycles. The number of aromatic nitrogens is 1. The van der Waals surface area contributed by atoms with Crippen LogP contribution < -0.4 is 4.90 Å². The van der Waals surface area contributed by atoms with Crippen molar-refractivity contribution in [1.29, 1.82) is 0 Å². The van der Waals surface area contributed by atoms with Gasteiger partial charge in [-0.25, -0.2) is 4.98 Å². The fourth-order valence-electron chi connectivity index (χ4n) is 4.14. The number of thiazole rings is 1. The zero-order valence-corrected chi connectivity index (χ0v) is 20.2. The molecule has 170 valence electrons. The van der Waals surface area contributed by atoms with Crippen molar-refractivity contribution in [3.05, 3.63) is 99.6 Å². The van der Waals surface area contributed by atoms with Crippen molar-refractivity contribution >= 4 is 55.7 Å². The van der Waals surface area contributed by atoms with E-state index in [1.807, 2.05) is 43.3 Å². The van der Waals surface area contributed by atoms with E-state index in [1.165, 1.54) is 21.8 Å². The van der Waals surface area contributed by atoms with Crippen LogP contribution in [0.4, 0.5) is 5.13 Å². The van der Waals surface area contributed by atoms with Crippen LogP contribution in [0.1, 0.15) is 35.2 Å². The number of aryl methyl sites for hydroxylation is 2. The molecule has 5 rings (SSSR count). The fourth-order valence-corrected chi connectivity index (χ4v) is 5.32. The molecule has 0 radical (unpaired) electrons. The summed E-state index contributed by atoms with van der Waals surface area (Å²) in [5.74, 6) is -1.69. The molecular formula is C27H21ClN2O3S. The molecule has 1 amide bonds. The zero-order valence-electron chi connectivity index (χ0n) is 18.6. The summed E-state index contributed by atoms with van der Waals surface area (Å²) in [6.07, 6.45) is 0.887. The van der Waals surface area contributed by atoms with E-state index in [4.69, 9.17) is 11.6 Å². The first-order valence-electron chi connectivity index (χ1n) is 10.9. The molecule has 7 heteroatoms. The minimum atomic E-state index is -0.803. The number of hydrogen-bond acceptors (Lipinski definition) is 5. The second kappa shape index (κ2) is 8.70. The van der Waals surface area contributed by atoms with Crippen molar-refractivity contribution in [2.75, 3.05) is 4.90 Å². The number of hydrogen-bond donors (Lipinski definition) is 1. The molecule has 1 fully saturated rings. The number of anilines is 1. The Morgan fingerprint density at radius 3 is 2.44 bits per heavy atom. The van der Waals surface area contributed by atoms with E-state index in [0.717, 1.165) is 22.2 Å². The van der Waals surface area contributed by atoms with E-state index in [1.54, 1.807) is 24.3 Å². The Morgan fingerprint density at radius 2 is 1.76 bits per heavy atom. The number of carbonyl (C=O) groups excluding carboxylic acids is 2. The lowest BCUT2D eigenvalue weighted by atomic mass is 9.95. The predicted octanol–water partition coefficient (Wildman–Crippen LogP) is 6.45. The molecule has 1 atom stereocenters. The number of ketones is 1. The van der Waals surface area contributed by atoms with Crippen LogP contribution in [0.2, 0.25) is 5.02 Å². The topological polar surface area (TPSA) is 70.5 Å². The monoisotopic (exact) mass is 488 g/mol. The molecule has 1 N–H and O–H groups in total. The van der Waals surface area contributed by atoms with Crippen LogP contribution in [0.3, 0.4) is 0 Å². The van der Waals surface area contributed by atoms with Crippen LogP contribution in [-0.2, 0) is 16.0 Å². The Balaban J connectivity index is 1.71. The lowest BCUT2D eigenvalue weighted by molar-refractivity contribution is -0.132. The Bertz CT molecular complexity index is 1460. The molecule has 0 aliphatic carbocycles. The third-order valence-corrected chi connectivity index (χ3v) is 7.28. The number of benzene rings is 3. The average Bonchev–Trinajstić information content (AvgIpc) is 3.37. The van der Waals surface area contributed by atoms with Crippen LogP contribution >= 0.6 is 22.9 Å². The highest BCUT2D eigenvalue weighted by atomic mass is 35.5. The predicted molar refractivity (Wildman–Crippen MR) is 136 cm³/mol. The number of nitrogens with zero attached hydrogens (tertiary/aromatic N) is 2. The van der Waals surface area contributed by atoms with E-state index in [2.05, 4.69) is 18.0 Å². The van der Waals surface area contributed by atoms with E-state index in [9.17, 15) is 14.7 Å². The number of fused-ring (bicyclic) bond motifs is 1. The fraction of sp³-hybridized carbons (Fsp3) is 0.148. The lowest BCUT2D eigenvalue weighted by Gasteiger charge is -2.23. The second-order valence-electron chi connectivity index (χ2n) is 8.24. The van der Waals surface area contributed by atoms with Gasteiger partial charge in [0.15, 0.2) is 5.13 Å². The molecule has 0 unspecified atom stereocenters. The van der Waals surface area contributed by atoms with Gasteiger partial charge in [-0.05, 0) is 60.9 Å². The molecule has 3 aromatic carbocycles. The molecule has 5 nitrogen and oxygen atoms in total. The van der Waals surface area contributed by atoms with Crippen LogP contribution in [-0.4, -0.2) is 21.8 Å². The smallest absolute Gasteiger partial charge is 0.301 e. The Kier molecular flexibility index (Phi) is 5.71. The number of halogens is 1. The third kappa shape index (κ3) is 3.79. The first kappa shape index (κ1) is 22.3. The van der Waals surface area contributed by atoms with Crippen LogP contribution in [0.15, 0.2) is 72.3 Å². The molecule has 0 bridgehead atoms. The van der Waals surface area contributed by atoms with Gasteiger partial charge in [0.25, 0.3) is 5.78 Å². The van der Waals surface area contributed by atoms with Gasteiger partial charge in [0.05, 0.1) is 21.8 Å². The SMILES string of the molecule is CCc1ccc2nc(N3C(=O)C(=O)C(=C(O)c4ccc(Cl)cc4)[C@@H]3c3ccc(C)cc3)sc2c1. The van der Waals surface area contributed by atoms with Crippen molar-refractivity contribution in [3.8, 4) is 0 Å². The summed E-state index contributed by atoms with van der Waals surface area (Å²) in [6.45, 7) is 4.04. The lowest BCUT2D eigenvalue weighted by Crippen LogP contribution is -2.29. The molecule has 1 saturated heterocycles. The summed E-state index contributed by atoms with van der Waals surface area (Å²) >= 11 is 7.36. The number of aliphatic hydroxyl groups excluding tert-OH is 1. The van der Waals surface area contributed by atoms with Crippen molar-refractivity contribution in [3.63, 3.8) is 0 Å². The average molecular weight is 489 g/mol. The summed E-state index contributed by atoms with van der Waals surface area (Å²) in [6, 6.07) is 19.3. The summed E-state index contributed by atoms with van der Waals surface area (Å²) in [4.78, 5) is 32.7. The highest BCUT2D eigenvalue weighted by Crippen LogP contribution is 2.44. The maximum Gasteiger partial charge on any atom is 0.301 e. The van der Waals surface area contributed by atoms with Gasteiger partial charge >= 0.3 is 5.91 Å². The first-order chi connectivity index (χ1) is 16.4. The Labute approximate surface area is 205 Å². The standard InChI is InChI=1S/C27H21ClN2O3S/c1-3-16-6-13-20-21(14-16)34-27(29-20)30-23(17-7-4-15(2)5-8-17)22(25(32)26(30)33)24(31)18-9-11-19(28)12-10-18/h4-14,23,31H,3H2,1-2H3/t23-/m0/s1. The van der Waals surface area contributed by atoms with Gasteiger partial charge < -0.3 is 5.11 Å². The van der Waals surface area contributed by atoms with Crippen molar-refractivity contribution in [2.45, 2.75) is 26.3 Å². The maximum absolute atomic E-state index is 13.3. The van der Waals surface area contributed by atoms with Gasteiger partial charge in [0.2, 0.25) is 0 Å². The molecule has 0 spiro atoms. The van der Waals surface area contributed by atoms with Gasteiger partial charge in [-0.2, -0.15) is 0 Å². The molecule has 4 aromatic rings. The molecule has 0 saturated carbocycles. The maximum atomic E-state index is 13.3. The highest BCUT2D eigenvalue weighted by Gasteiger charge is 2.48. The van der Waals surface area contributed by atoms with Gasteiger partial charge in [0.1, 0.15) is 5.76 Å². The van der Waals surface area contributed by atoms with E-state index in [-0.39, 0.29) is 11.3 Å². The Hall–Kier alpha value is -3.48. The Morgan fingerprint density at radius 1 is 1.06 bits per heavy atom. The number of aliphatic hydroxyl groups is 1. The van der Waals surface area contributed by atoms with E-state index < -0.39 is 17.7 Å². The van der Waals surface area contributed by atoms with Crippen molar-refractivity contribution < 1.29 is 14.7 Å². The number of amides is 1. The highest BCUT2D eigenvalue weighted by molar-refractivity contribution is 7.22. The van der Waals surface area contributed by atoms with Crippen LogP contribution in [0.5, 0.6) is 0 Å². The minimum Gasteiger partial charge on any atom is -0.507 e. The zero-order chi connectivity index (χ0) is 24.0. The molecule has 2 heterocycles. The summed E-state index contributed by atoms with van der Waals surface area (Å²) in [7, 11) is 0. The van der Waals surface area contributed by atoms with Crippen LogP contribution in [0.25, 0.3) is 16.0 Å². The minimum absolute atomic E-state index is 0.0321. The summed E-state index contributed by atoms with van der Waals surface area (Å²) in [5.41, 5.74) is 4.14. The molecule has 34 heavy (non-hydrogen) atoms. The molecule has 1 aliphatic rings. The first-order valence-corrected chi connectivity index (χ1v) is 12.1. The largest absolute Gasteiger partial charge is 0.507 e. The molecular weight excluding hydrogens is 468 g/mol. The normalized spacial score (nSPS) is 17.6. The summed E-state index contributed by atoms with van der Waals surface area (Å²) < 4.78 is 0.941. The quantitative estimate of drug-likeness (QED) is 0.204. The van der Waals surface area contributed by atoms with E-state index >= 15 is 0 Å². The van der Waals surface area contributed by atoms with Gasteiger partial charge in [-0.1, -0.05) is 65.8 Å². The van der Waals surface area contributed by atoms with Gasteiger partial charge in [-0.3, -0.25) is 14.5 Å². The number of carbonyl (C=O) groups is 2. The second-order valence-corrected chi connectivity index (χ2v) is 9.68. The number of rotatable bonds is 4. The van der Waals surface area contributed by atoms with Crippen molar-refractivity contribution in [1.82, 2.24) is 4.98 Å². The van der Waals surface area contributed by atoms with Gasteiger partial charge in [-0.15, -0.1) is 0 Å². The van der Waals surface area contributed by atoms with Gasteiger partial charge in [0, 0.05) is 10.6 Å². The molecule has 1 aromatic heterocycles. The summed E-state index contributed by atoms with van der Waals surface area (Å²) in [5, 5.41) is 12.1. The third-order valence-electron chi connectivity index (χ3n) is 6.01. The van der Waals surface area contributed by atoms with E-state index in [0.29, 0.717) is 21.3 Å². The van der Waals surface area contributed by atoms with Crippen molar-refractivity contribution in [2.24, 2.45) is 0 Å².